The summed E-state index contributed by atoms with van der Waals surface area (Å²) in [5, 5.41) is 9.01. The maximum absolute atomic E-state index is 10.8. The molecule has 0 amide bonds. The van der Waals surface area contributed by atoms with Crippen LogP contribution in [-0.4, -0.2) is 13.3 Å². The third kappa shape index (κ3) is 2.79. The van der Waals surface area contributed by atoms with Crippen molar-refractivity contribution in [1.82, 2.24) is 0 Å². The van der Waals surface area contributed by atoms with Gasteiger partial charge < -0.3 is 0 Å². The van der Waals surface area contributed by atoms with E-state index in [-0.39, 0.29) is 10.3 Å². The molecule has 0 radical (unpaired) electrons. The molecule has 1 aromatic rings. The minimum absolute atomic E-state index is 0.126. The lowest BCUT2D eigenvalue weighted by Crippen LogP contribution is -2.10. The summed E-state index contributed by atoms with van der Waals surface area (Å²) >= 11 is 1.18. The minimum Gasteiger partial charge on any atom is -0.263 e. The van der Waals surface area contributed by atoms with Crippen molar-refractivity contribution in [3.63, 3.8) is 0 Å². The second-order valence-electron chi connectivity index (χ2n) is 4.40. The van der Waals surface area contributed by atoms with Crippen molar-refractivity contribution >= 4 is 22.0 Å². The van der Waals surface area contributed by atoms with Gasteiger partial charge in [0.2, 0.25) is 10.7 Å². The highest BCUT2D eigenvalue weighted by atomic mass is 32.2. The normalized spacial score (nSPS) is 14.0. The Kier molecular flexibility index (Phi) is 3.69. The van der Waals surface area contributed by atoms with Gasteiger partial charge in [-0.15, -0.1) is 11.3 Å². The van der Waals surface area contributed by atoms with Crippen LogP contribution in [0, 0.1) is 10.1 Å². The lowest BCUT2D eigenvalue weighted by molar-refractivity contribution is -0.501. The van der Waals surface area contributed by atoms with Crippen molar-refractivity contribution in [2.24, 2.45) is 0 Å². The zero-order chi connectivity index (χ0) is 12.5. The number of nitro groups is 1. The summed E-state index contributed by atoms with van der Waals surface area (Å²) in [5.74, 6) is 0. The van der Waals surface area contributed by atoms with Crippen LogP contribution >= 0.6 is 11.3 Å². The zero-order valence-corrected chi connectivity index (χ0v) is 10.9. The summed E-state index contributed by atoms with van der Waals surface area (Å²) < 4.78 is 21.6. The van der Waals surface area contributed by atoms with Crippen LogP contribution in [0.5, 0.6) is 0 Å². The largest absolute Gasteiger partial charge is 0.341 e. The number of rotatable bonds is 3. The standard InChI is InChI=1S/C9H13NO4S2/c1-9(2,3)7-5-4-6(15-7)8(10(11)12)16(13)14/h4-5,8,16H,1-3H3. The van der Waals surface area contributed by atoms with Gasteiger partial charge in [0.1, 0.15) is 0 Å². The van der Waals surface area contributed by atoms with Gasteiger partial charge >= 0.3 is 5.37 Å². The molecule has 1 atom stereocenters. The van der Waals surface area contributed by atoms with Crippen LogP contribution in [0.25, 0.3) is 0 Å². The monoisotopic (exact) mass is 263 g/mol. The number of hydrogen-bond donors (Lipinski definition) is 1. The first-order valence-electron chi connectivity index (χ1n) is 4.60. The average molecular weight is 263 g/mol. The molecule has 1 rings (SSSR count). The molecule has 5 nitrogen and oxygen atoms in total. The van der Waals surface area contributed by atoms with E-state index in [0.29, 0.717) is 0 Å². The molecule has 1 heterocycles. The predicted molar refractivity (Wildman–Crippen MR) is 63.1 cm³/mol. The second-order valence-corrected chi connectivity index (χ2v) is 6.57. The highest BCUT2D eigenvalue weighted by molar-refractivity contribution is 7.72. The van der Waals surface area contributed by atoms with Crippen LogP contribution < -0.4 is 0 Å². The fraction of sp³-hybridized carbons (Fsp3) is 0.556. The molecule has 0 aromatic carbocycles. The molecule has 1 aromatic heterocycles. The summed E-state index contributed by atoms with van der Waals surface area (Å²) in [7, 11) is -3.09. The number of thiophene rings is 1. The van der Waals surface area contributed by atoms with Crippen LogP contribution in [0.4, 0.5) is 0 Å². The van der Waals surface area contributed by atoms with E-state index >= 15 is 0 Å². The van der Waals surface area contributed by atoms with Gasteiger partial charge in [-0.3, -0.25) is 10.1 Å². The van der Waals surface area contributed by atoms with E-state index in [1.807, 2.05) is 20.8 Å². The lowest BCUT2D eigenvalue weighted by atomic mass is 9.95. The van der Waals surface area contributed by atoms with Crippen molar-refractivity contribution in [3.05, 3.63) is 32.0 Å². The van der Waals surface area contributed by atoms with Crippen LogP contribution in [0.1, 0.15) is 35.9 Å². The van der Waals surface area contributed by atoms with E-state index in [9.17, 15) is 18.5 Å². The molecule has 0 saturated carbocycles. The first-order chi connectivity index (χ1) is 7.23. The summed E-state index contributed by atoms with van der Waals surface area (Å²) in [6.45, 7) is 5.92. The summed E-state index contributed by atoms with van der Waals surface area (Å²) in [4.78, 5) is 11.1. The molecule has 1 unspecified atom stereocenters. The Morgan fingerprint density at radius 2 is 1.94 bits per heavy atom. The Labute approximate surface area is 99.2 Å². The molecule has 7 heteroatoms. The molecule has 0 aliphatic carbocycles. The van der Waals surface area contributed by atoms with Crippen LogP contribution in [-0.2, 0) is 16.1 Å². The smallest absolute Gasteiger partial charge is 0.263 e. The van der Waals surface area contributed by atoms with E-state index in [2.05, 4.69) is 0 Å². The fourth-order valence-electron chi connectivity index (χ4n) is 1.18. The molecule has 0 fully saturated rings. The zero-order valence-electron chi connectivity index (χ0n) is 9.17. The van der Waals surface area contributed by atoms with Gasteiger partial charge in [0.15, 0.2) is 0 Å². The van der Waals surface area contributed by atoms with Crippen LogP contribution in [0.15, 0.2) is 12.1 Å². The van der Waals surface area contributed by atoms with E-state index in [1.165, 1.54) is 17.4 Å². The van der Waals surface area contributed by atoms with Gasteiger partial charge in [0.25, 0.3) is 0 Å². The molecule has 16 heavy (non-hydrogen) atoms. The summed E-state index contributed by atoms with van der Waals surface area (Å²) in [6.07, 6.45) is 0. The Morgan fingerprint density at radius 3 is 2.25 bits per heavy atom. The third-order valence-corrected chi connectivity index (χ3v) is 4.62. The highest BCUT2D eigenvalue weighted by Crippen LogP contribution is 2.33. The molecule has 0 aliphatic rings. The van der Waals surface area contributed by atoms with E-state index < -0.39 is 21.0 Å². The number of thiol groups is 1. The van der Waals surface area contributed by atoms with Gasteiger partial charge in [-0.2, -0.15) is 0 Å². The minimum atomic E-state index is -3.09. The number of nitrogens with zero attached hydrogens (tertiary/aromatic N) is 1. The Balaban J connectivity index is 3.14. The maximum Gasteiger partial charge on any atom is 0.341 e. The van der Waals surface area contributed by atoms with Crippen molar-refractivity contribution in [2.75, 3.05) is 0 Å². The van der Waals surface area contributed by atoms with Crippen molar-refractivity contribution in [2.45, 2.75) is 31.6 Å². The van der Waals surface area contributed by atoms with Crippen LogP contribution in [0.3, 0.4) is 0 Å². The molecular weight excluding hydrogens is 250 g/mol. The third-order valence-electron chi connectivity index (χ3n) is 2.02. The van der Waals surface area contributed by atoms with E-state index in [1.54, 1.807) is 6.07 Å². The molecule has 0 spiro atoms. The topological polar surface area (TPSA) is 77.3 Å². The van der Waals surface area contributed by atoms with Gasteiger partial charge in [-0.1, -0.05) is 20.8 Å². The Morgan fingerprint density at radius 1 is 1.38 bits per heavy atom. The fourth-order valence-corrected chi connectivity index (χ4v) is 3.07. The van der Waals surface area contributed by atoms with Gasteiger partial charge in [0, 0.05) is 9.80 Å². The summed E-state index contributed by atoms with van der Waals surface area (Å²) in [5.41, 5.74) is -0.126. The average Bonchev–Trinajstić information content (AvgIpc) is 2.50. The predicted octanol–water partition coefficient (Wildman–Crippen LogP) is 1.93. The number of hydrogen-bond acceptors (Lipinski definition) is 5. The first kappa shape index (κ1) is 13.1. The molecular formula is C9H13NO4S2. The van der Waals surface area contributed by atoms with Crippen molar-refractivity contribution in [3.8, 4) is 0 Å². The van der Waals surface area contributed by atoms with Crippen molar-refractivity contribution < 1.29 is 13.3 Å². The van der Waals surface area contributed by atoms with Crippen molar-refractivity contribution in [1.29, 1.82) is 0 Å². The maximum atomic E-state index is 10.8. The Hall–Kier alpha value is -0.950. The SMILES string of the molecule is CC(C)(C)c1ccc(C([N+](=O)[O-])[SH](=O)=O)s1. The second kappa shape index (κ2) is 4.50. The van der Waals surface area contributed by atoms with Gasteiger partial charge in [-0.25, -0.2) is 8.42 Å². The summed E-state index contributed by atoms with van der Waals surface area (Å²) in [6, 6.07) is 3.26. The molecule has 0 N–H and O–H groups in total. The molecule has 0 aliphatic heterocycles. The molecule has 90 valence electrons. The quantitative estimate of drug-likeness (QED) is 0.513. The lowest BCUT2D eigenvalue weighted by Gasteiger charge is -2.15. The van der Waals surface area contributed by atoms with E-state index in [0.717, 1.165) is 4.88 Å². The molecule has 0 saturated heterocycles. The van der Waals surface area contributed by atoms with Gasteiger partial charge in [0.05, 0.1) is 4.88 Å². The van der Waals surface area contributed by atoms with Crippen LogP contribution in [0.2, 0.25) is 0 Å². The van der Waals surface area contributed by atoms with Gasteiger partial charge in [-0.05, 0) is 17.5 Å². The molecule has 0 bridgehead atoms. The highest BCUT2D eigenvalue weighted by Gasteiger charge is 2.29. The first-order valence-corrected chi connectivity index (χ1v) is 6.67. The Bertz CT molecular complexity index is 462. The van der Waals surface area contributed by atoms with E-state index in [4.69, 9.17) is 0 Å².